The molecule has 1 atom stereocenters. The number of aliphatic imine (C=N–C) groups is 1. The highest BCUT2D eigenvalue weighted by Gasteiger charge is 2.29. The molecule has 5 nitrogen and oxygen atoms in total. The van der Waals surface area contributed by atoms with Crippen molar-refractivity contribution in [3.63, 3.8) is 0 Å². The quantitative estimate of drug-likeness (QED) is 0.302. The van der Waals surface area contributed by atoms with Gasteiger partial charge in [-0.2, -0.15) is 0 Å². The lowest BCUT2D eigenvalue weighted by Gasteiger charge is -2.31. The van der Waals surface area contributed by atoms with Gasteiger partial charge in [-0.3, -0.25) is 9.79 Å². The molecule has 0 saturated heterocycles. The van der Waals surface area contributed by atoms with Crippen LogP contribution in [0.15, 0.2) is 58.6 Å². The summed E-state index contributed by atoms with van der Waals surface area (Å²) in [7, 11) is 4.36. The largest absolute Gasteiger partial charge is 0.872 e. The predicted octanol–water partition coefficient (Wildman–Crippen LogP) is 3.42. The normalized spacial score (nSPS) is 17.9. The van der Waals surface area contributed by atoms with Gasteiger partial charge in [-0.25, -0.2) is 0 Å². The number of likely N-dealkylation sites (N-methyl/N-ethyl adjacent to an activating group) is 1. The Bertz CT molecular complexity index is 953. The van der Waals surface area contributed by atoms with E-state index in [2.05, 4.69) is 26.0 Å². The molecule has 32 heavy (non-hydrogen) atoms. The number of Topliss-reactive ketones (excluding diaryl/α,β-unsaturated/α-hetero) is 1. The first kappa shape index (κ1) is 24.1. The number of nitrogens with zero attached hydrogens (tertiary/aromatic N) is 2. The Kier molecular flexibility index (Phi) is 8.21. The molecule has 1 aromatic carbocycles. The van der Waals surface area contributed by atoms with Crippen molar-refractivity contribution >= 4 is 17.3 Å². The van der Waals surface area contributed by atoms with E-state index in [0.29, 0.717) is 41.1 Å². The molecule has 2 aliphatic carbocycles. The second-order valence-corrected chi connectivity index (χ2v) is 9.55. The van der Waals surface area contributed by atoms with Crippen molar-refractivity contribution in [3.05, 3.63) is 64.8 Å². The fourth-order valence-electron chi connectivity index (χ4n) is 4.53. The molecule has 1 aromatic rings. The highest BCUT2D eigenvalue weighted by Crippen LogP contribution is 2.34. The minimum Gasteiger partial charge on any atom is -0.872 e. The van der Waals surface area contributed by atoms with Crippen molar-refractivity contribution in [2.75, 3.05) is 33.7 Å². The molecule has 0 saturated carbocycles. The van der Waals surface area contributed by atoms with Crippen molar-refractivity contribution in [2.24, 2.45) is 4.99 Å². The molecule has 0 amide bonds. The van der Waals surface area contributed by atoms with Gasteiger partial charge >= 0.3 is 0 Å². The number of allylic oxidation sites excluding steroid dienone is 5. The molecule has 2 N–H and O–H groups in total. The zero-order valence-electron chi connectivity index (χ0n) is 19.7. The summed E-state index contributed by atoms with van der Waals surface area (Å²) in [6.07, 6.45) is 12.5. The van der Waals surface area contributed by atoms with Crippen LogP contribution in [-0.4, -0.2) is 60.9 Å². The van der Waals surface area contributed by atoms with E-state index in [1.165, 1.54) is 38.5 Å². The van der Waals surface area contributed by atoms with Crippen LogP contribution < -0.4 is 5.11 Å². The number of benzene rings is 1. The Morgan fingerprint density at radius 3 is 2.50 bits per heavy atom. The van der Waals surface area contributed by atoms with Gasteiger partial charge in [0.15, 0.2) is 12.3 Å². The van der Waals surface area contributed by atoms with Crippen LogP contribution in [0.2, 0.25) is 0 Å². The monoisotopic (exact) mass is 437 g/mol. The van der Waals surface area contributed by atoms with E-state index in [-0.39, 0.29) is 17.6 Å². The van der Waals surface area contributed by atoms with Crippen molar-refractivity contribution in [1.29, 1.82) is 0 Å². The maximum Gasteiger partial charge on any atom is 0.223 e. The third kappa shape index (κ3) is 5.84. The highest BCUT2D eigenvalue weighted by molar-refractivity contribution is 6.29. The number of hydrogen-bond acceptors (Lipinski definition) is 3. The molecule has 0 fully saturated rings. The summed E-state index contributed by atoms with van der Waals surface area (Å²) in [5.41, 5.74) is 2.20. The van der Waals surface area contributed by atoms with E-state index in [9.17, 15) is 9.90 Å². The van der Waals surface area contributed by atoms with E-state index in [1.807, 2.05) is 0 Å². The Balaban J connectivity index is 1.63. The number of unbranched alkanes of at least 4 members (excludes halogenated alkanes) is 5. The maximum absolute atomic E-state index is 13.1. The summed E-state index contributed by atoms with van der Waals surface area (Å²) < 4.78 is 0.801. The lowest BCUT2D eigenvalue weighted by molar-refractivity contribution is -0.893. The third-order valence-electron chi connectivity index (χ3n) is 6.24. The van der Waals surface area contributed by atoms with E-state index >= 15 is 0 Å². The maximum atomic E-state index is 13.1. The van der Waals surface area contributed by atoms with Gasteiger partial charge in [0.1, 0.15) is 6.54 Å². The fourth-order valence-corrected chi connectivity index (χ4v) is 4.53. The highest BCUT2D eigenvalue weighted by atomic mass is 16.3. The van der Waals surface area contributed by atoms with Gasteiger partial charge in [0.05, 0.1) is 26.4 Å². The number of fused-ring (bicyclic) bond motifs is 2. The van der Waals surface area contributed by atoms with Gasteiger partial charge in [-0.05, 0) is 24.5 Å². The number of carbonyl (C=O) groups is 1. The van der Waals surface area contributed by atoms with E-state index < -0.39 is 0 Å². The Morgan fingerprint density at radius 1 is 1.06 bits per heavy atom. The molecule has 0 aliphatic heterocycles. The number of hydrogen-bond donors (Lipinski definition) is 0. The third-order valence-corrected chi connectivity index (χ3v) is 6.24. The Labute approximate surface area is 192 Å². The average Bonchev–Trinajstić information content (AvgIpc) is 2.78. The second-order valence-electron chi connectivity index (χ2n) is 9.55. The SMILES string of the molecule is CCCCCCCC[N+](C)(C)CC([OH2+])CN=C1C=CC=C2C(=O)c3ccccc3C([O-])=C21. The zero-order valence-corrected chi connectivity index (χ0v) is 19.7. The summed E-state index contributed by atoms with van der Waals surface area (Å²) in [6, 6.07) is 6.95. The molecule has 0 heterocycles. The summed E-state index contributed by atoms with van der Waals surface area (Å²) in [5, 5.41) is 21.6. The fraction of sp³-hybridized carbons (Fsp3) is 0.481. The van der Waals surface area contributed by atoms with Gasteiger partial charge in [0.25, 0.3) is 0 Å². The number of rotatable bonds is 11. The Morgan fingerprint density at radius 2 is 1.75 bits per heavy atom. The van der Waals surface area contributed by atoms with Crippen molar-refractivity contribution < 1.29 is 19.5 Å². The standard InChI is InChI=1S/C27H36N2O3/c1-4-5-6-7-8-11-17-29(2,3)19-20(30)18-28-24-16-12-15-23-25(24)27(32)22-14-10-9-13-21(22)26(23)31/h9-10,12-16,20,30H,4-8,11,17-19H2,1-3H3/p+1. The zero-order chi connectivity index (χ0) is 23.1. The number of carbonyl (C=O) groups excluding carboxylic acids is 1. The molecule has 3 rings (SSSR count). The van der Waals surface area contributed by atoms with Gasteiger partial charge in [-0.15, -0.1) is 0 Å². The molecule has 0 spiro atoms. The summed E-state index contributed by atoms with van der Waals surface area (Å²) >= 11 is 0. The van der Waals surface area contributed by atoms with E-state index in [4.69, 9.17) is 5.11 Å². The smallest absolute Gasteiger partial charge is 0.223 e. The molecule has 2 aliphatic rings. The summed E-state index contributed by atoms with van der Waals surface area (Å²) in [5.74, 6) is -0.290. The lowest BCUT2D eigenvalue weighted by atomic mass is 9.81. The van der Waals surface area contributed by atoms with Gasteiger partial charge < -0.3 is 14.7 Å². The van der Waals surface area contributed by atoms with Crippen LogP contribution >= 0.6 is 0 Å². The molecular weight excluding hydrogens is 400 g/mol. The van der Waals surface area contributed by atoms with Crippen molar-refractivity contribution in [2.45, 2.75) is 51.6 Å². The molecular formula is C27H37N2O3+. The van der Waals surface area contributed by atoms with Crippen molar-refractivity contribution in [1.82, 2.24) is 0 Å². The van der Waals surface area contributed by atoms with Crippen LogP contribution in [0.3, 0.4) is 0 Å². The molecule has 0 aromatic heterocycles. The number of quaternary nitrogens is 1. The molecule has 1 unspecified atom stereocenters. The molecule has 172 valence electrons. The predicted molar refractivity (Wildman–Crippen MR) is 130 cm³/mol. The van der Waals surface area contributed by atoms with Crippen LogP contribution in [0.4, 0.5) is 0 Å². The minimum atomic E-state index is -0.359. The van der Waals surface area contributed by atoms with E-state index in [0.717, 1.165) is 11.0 Å². The lowest BCUT2D eigenvalue weighted by Crippen LogP contribution is -2.46. The van der Waals surface area contributed by atoms with Crippen LogP contribution in [-0.2, 0) is 0 Å². The van der Waals surface area contributed by atoms with E-state index in [1.54, 1.807) is 42.5 Å². The summed E-state index contributed by atoms with van der Waals surface area (Å²) in [6.45, 7) is 4.32. The van der Waals surface area contributed by atoms with Crippen LogP contribution in [0.5, 0.6) is 0 Å². The minimum absolute atomic E-state index is 0.133. The van der Waals surface area contributed by atoms with Crippen LogP contribution in [0.25, 0.3) is 5.76 Å². The Hall–Kier alpha value is -2.50. The summed E-state index contributed by atoms with van der Waals surface area (Å²) in [4.78, 5) is 17.5. The topological polar surface area (TPSA) is 75.4 Å². The molecule has 0 radical (unpaired) electrons. The van der Waals surface area contributed by atoms with Crippen LogP contribution in [0.1, 0.15) is 61.4 Å². The molecule has 0 bridgehead atoms. The van der Waals surface area contributed by atoms with Gasteiger partial charge in [0.2, 0.25) is 6.10 Å². The van der Waals surface area contributed by atoms with Gasteiger partial charge in [-0.1, -0.05) is 74.8 Å². The molecule has 5 heteroatoms. The van der Waals surface area contributed by atoms with Crippen molar-refractivity contribution in [3.8, 4) is 0 Å². The van der Waals surface area contributed by atoms with Gasteiger partial charge in [0, 0.05) is 16.7 Å². The second kappa shape index (κ2) is 10.9. The first-order chi connectivity index (χ1) is 15.3. The number of ketones is 1. The van der Waals surface area contributed by atoms with Crippen LogP contribution in [0, 0.1) is 0 Å². The first-order valence-electron chi connectivity index (χ1n) is 11.9. The first-order valence-corrected chi connectivity index (χ1v) is 11.9. The average molecular weight is 438 g/mol.